The fourth-order valence-electron chi connectivity index (χ4n) is 3.05. The predicted molar refractivity (Wildman–Crippen MR) is 93.2 cm³/mol. The van der Waals surface area contributed by atoms with Gasteiger partial charge in [0.1, 0.15) is 0 Å². The Bertz CT molecular complexity index is 336. The first-order valence-electron chi connectivity index (χ1n) is 9.63. The van der Waals surface area contributed by atoms with Crippen molar-refractivity contribution in [3.63, 3.8) is 0 Å². The molecule has 1 heterocycles. The van der Waals surface area contributed by atoms with Crippen LogP contribution in [0.5, 0.6) is 0 Å². The topological polar surface area (TPSA) is 46.6 Å². The Kier molecular flexibility index (Phi) is 10.8. The van der Waals surface area contributed by atoms with Crippen LogP contribution in [0.15, 0.2) is 0 Å². The minimum atomic E-state index is -0.0623. The standard InChI is InChI=1S/C19H35NO3/c1-3-5-7-8-9-11-18(21)20-14-12-17(13-15-20)19(22)23-16-10-6-4-2/h17H,3-16H2,1-2H3. The average Bonchev–Trinajstić information content (AvgIpc) is 2.58. The van der Waals surface area contributed by atoms with Crippen molar-refractivity contribution in [2.45, 2.75) is 84.5 Å². The Hall–Kier alpha value is -1.06. The van der Waals surface area contributed by atoms with E-state index in [-0.39, 0.29) is 17.8 Å². The van der Waals surface area contributed by atoms with Crippen molar-refractivity contribution >= 4 is 11.9 Å². The third-order valence-electron chi connectivity index (χ3n) is 4.67. The first-order chi connectivity index (χ1) is 11.2. The Balaban J connectivity index is 2.13. The zero-order valence-electron chi connectivity index (χ0n) is 15.1. The number of hydrogen-bond acceptors (Lipinski definition) is 3. The molecular weight excluding hydrogens is 290 g/mol. The van der Waals surface area contributed by atoms with Crippen LogP contribution in [0.25, 0.3) is 0 Å². The lowest BCUT2D eigenvalue weighted by atomic mass is 9.96. The van der Waals surface area contributed by atoms with Gasteiger partial charge in [0.05, 0.1) is 12.5 Å². The van der Waals surface area contributed by atoms with E-state index in [2.05, 4.69) is 13.8 Å². The summed E-state index contributed by atoms with van der Waals surface area (Å²) >= 11 is 0. The van der Waals surface area contributed by atoms with Crippen molar-refractivity contribution in [1.29, 1.82) is 0 Å². The molecule has 0 aromatic carbocycles. The Labute approximate surface area is 141 Å². The minimum absolute atomic E-state index is 0.00905. The van der Waals surface area contributed by atoms with E-state index in [9.17, 15) is 9.59 Å². The van der Waals surface area contributed by atoms with Gasteiger partial charge in [0.15, 0.2) is 0 Å². The number of nitrogens with zero attached hydrogens (tertiary/aromatic N) is 1. The summed E-state index contributed by atoms with van der Waals surface area (Å²) in [5.41, 5.74) is 0. The second-order valence-corrected chi connectivity index (χ2v) is 6.69. The SMILES string of the molecule is CCCCCCCC(=O)N1CCC(C(=O)OCCCCC)CC1. The van der Waals surface area contributed by atoms with Crippen molar-refractivity contribution in [1.82, 2.24) is 4.90 Å². The van der Waals surface area contributed by atoms with Crippen LogP contribution in [0.2, 0.25) is 0 Å². The number of rotatable bonds is 11. The van der Waals surface area contributed by atoms with Crippen LogP contribution in [0, 0.1) is 5.92 Å². The molecule has 1 fully saturated rings. The van der Waals surface area contributed by atoms with Crippen LogP contribution < -0.4 is 0 Å². The van der Waals surface area contributed by atoms with Crippen LogP contribution in [-0.4, -0.2) is 36.5 Å². The van der Waals surface area contributed by atoms with Gasteiger partial charge >= 0.3 is 5.97 Å². The summed E-state index contributed by atoms with van der Waals surface area (Å²) in [5, 5.41) is 0. The van der Waals surface area contributed by atoms with Gasteiger partial charge in [-0.3, -0.25) is 9.59 Å². The van der Waals surface area contributed by atoms with E-state index in [1.54, 1.807) is 0 Å². The van der Waals surface area contributed by atoms with E-state index in [0.717, 1.165) is 44.9 Å². The number of likely N-dealkylation sites (tertiary alicyclic amines) is 1. The molecule has 0 aromatic rings. The average molecular weight is 325 g/mol. The minimum Gasteiger partial charge on any atom is -0.465 e. The lowest BCUT2D eigenvalue weighted by molar-refractivity contribution is -0.151. The van der Waals surface area contributed by atoms with E-state index >= 15 is 0 Å². The fourth-order valence-corrected chi connectivity index (χ4v) is 3.05. The summed E-state index contributed by atoms with van der Waals surface area (Å²) in [6, 6.07) is 0. The first kappa shape index (κ1) is 20.0. The van der Waals surface area contributed by atoms with Crippen molar-refractivity contribution in [2.24, 2.45) is 5.92 Å². The zero-order chi connectivity index (χ0) is 16.9. The highest BCUT2D eigenvalue weighted by atomic mass is 16.5. The van der Waals surface area contributed by atoms with Gasteiger partial charge in [0.2, 0.25) is 5.91 Å². The number of amides is 1. The molecule has 0 aromatic heterocycles. The van der Waals surface area contributed by atoms with E-state index in [4.69, 9.17) is 4.74 Å². The number of unbranched alkanes of at least 4 members (excludes halogenated alkanes) is 6. The van der Waals surface area contributed by atoms with Gasteiger partial charge in [-0.15, -0.1) is 0 Å². The van der Waals surface area contributed by atoms with Gasteiger partial charge in [-0.25, -0.2) is 0 Å². The maximum absolute atomic E-state index is 12.2. The van der Waals surface area contributed by atoms with Crippen LogP contribution in [0.3, 0.4) is 0 Å². The molecule has 0 radical (unpaired) electrons. The number of carbonyl (C=O) groups is 2. The van der Waals surface area contributed by atoms with Gasteiger partial charge in [-0.1, -0.05) is 52.4 Å². The Morgan fingerprint density at radius 1 is 0.913 bits per heavy atom. The molecule has 0 N–H and O–H groups in total. The second kappa shape index (κ2) is 12.4. The summed E-state index contributed by atoms with van der Waals surface area (Å²) in [6.45, 7) is 6.30. The number of hydrogen-bond donors (Lipinski definition) is 0. The molecule has 1 saturated heterocycles. The normalized spacial score (nSPS) is 15.7. The molecule has 4 nitrogen and oxygen atoms in total. The molecule has 1 aliphatic rings. The highest BCUT2D eigenvalue weighted by molar-refractivity contribution is 5.77. The van der Waals surface area contributed by atoms with Crippen molar-refractivity contribution < 1.29 is 14.3 Å². The molecule has 4 heteroatoms. The fraction of sp³-hybridized carbons (Fsp3) is 0.895. The number of ether oxygens (including phenoxy) is 1. The molecule has 1 rings (SSSR count). The molecule has 0 unspecified atom stereocenters. The van der Waals surface area contributed by atoms with Gasteiger partial charge in [0, 0.05) is 19.5 Å². The van der Waals surface area contributed by atoms with Crippen molar-refractivity contribution in [3.8, 4) is 0 Å². The quantitative estimate of drug-likeness (QED) is 0.420. The summed E-state index contributed by atoms with van der Waals surface area (Å²) in [7, 11) is 0. The lowest BCUT2D eigenvalue weighted by Gasteiger charge is -2.31. The highest BCUT2D eigenvalue weighted by Crippen LogP contribution is 2.20. The molecule has 0 bridgehead atoms. The maximum Gasteiger partial charge on any atom is 0.309 e. The molecule has 1 aliphatic heterocycles. The lowest BCUT2D eigenvalue weighted by Crippen LogP contribution is -2.40. The summed E-state index contributed by atoms with van der Waals surface area (Å²) in [4.78, 5) is 26.1. The summed E-state index contributed by atoms with van der Waals surface area (Å²) < 4.78 is 5.34. The van der Waals surface area contributed by atoms with Crippen LogP contribution in [-0.2, 0) is 14.3 Å². The first-order valence-corrected chi connectivity index (χ1v) is 9.63. The van der Waals surface area contributed by atoms with E-state index in [1.807, 2.05) is 4.90 Å². The Morgan fingerprint density at radius 3 is 2.17 bits per heavy atom. The molecule has 23 heavy (non-hydrogen) atoms. The molecule has 0 aliphatic carbocycles. The van der Waals surface area contributed by atoms with Crippen LogP contribution in [0.4, 0.5) is 0 Å². The third kappa shape index (κ3) is 8.38. The monoisotopic (exact) mass is 325 g/mol. The predicted octanol–water partition coefficient (Wildman–Crippen LogP) is 4.32. The van der Waals surface area contributed by atoms with E-state index < -0.39 is 0 Å². The number of esters is 1. The summed E-state index contributed by atoms with van der Waals surface area (Å²) in [5.74, 6) is 0.189. The van der Waals surface area contributed by atoms with Gasteiger partial charge in [-0.2, -0.15) is 0 Å². The van der Waals surface area contributed by atoms with E-state index in [0.29, 0.717) is 26.1 Å². The largest absolute Gasteiger partial charge is 0.465 e. The molecule has 0 atom stereocenters. The van der Waals surface area contributed by atoms with Gasteiger partial charge < -0.3 is 9.64 Å². The molecule has 0 spiro atoms. The molecule has 1 amide bonds. The van der Waals surface area contributed by atoms with Crippen molar-refractivity contribution in [2.75, 3.05) is 19.7 Å². The zero-order valence-corrected chi connectivity index (χ0v) is 15.1. The van der Waals surface area contributed by atoms with Gasteiger partial charge in [0.25, 0.3) is 0 Å². The second-order valence-electron chi connectivity index (χ2n) is 6.69. The third-order valence-corrected chi connectivity index (χ3v) is 4.67. The smallest absolute Gasteiger partial charge is 0.309 e. The highest BCUT2D eigenvalue weighted by Gasteiger charge is 2.27. The van der Waals surface area contributed by atoms with Crippen LogP contribution >= 0.6 is 0 Å². The summed E-state index contributed by atoms with van der Waals surface area (Å²) in [6.07, 6.45) is 11.3. The molecule has 0 saturated carbocycles. The maximum atomic E-state index is 12.2. The number of carbonyl (C=O) groups excluding carboxylic acids is 2. The van der Waals surface area contributed by atoms with Crippen LogP contribution in [0.1, 0.15) is 84.5 Å². The molecular formula is C19H35NO3. The van der Waals surface area contributed by atoms with Crippen molar-refractivity contribution in [3.05, 3.63) is 0 Å². The molecule has 134 valence electrons. The number of piperidine rings is 1. The van der Waals surface area contributed by atoms with E-state index in [1.165, 1.54) is 19.3 Å². The van der Waals surface area contributed by atoms with Gasteiger partial charge in [-0.05, 0) is 25.7 Å². The Morgan fingerprint density at radius 2 is 1.52 bits per heavy atom.